The highest BCUT2D eigenvalue weighted by molar-refractivity contribution is 8.19. The maximum atomic E-state index is 12.5. The summed E-state index contributed by atoms with van der Waals surface area (Å²) in [6.45, 7) is 0. The molecule has 0 aromatic heterocycles. The van der Waals surface area contributed by atoms with Crippen molar-refractivity contribution in [1.29, 1.82) is 0 Å². The number of aromatic hydroxyl groups is 1. The first-order chi connectivity index (χ1) is 11.4. The van der Waals surface area contributed by atoms with Gasteiger partial charge in [0, 0.05) is 5.02 Å². The summed E-state index contributed by atoms with van der Waals surface area (Å²) in [6.07, 6.45) is 1.50. The predicted octanol–water partition coefficient (Wildman–Crippen LogP) is 5.59. The number of amides is 2. The van der Waals surface area contributed by atoms with Crippen LogP contribution in [0, 0.1) is 0 Å². The van der Waals surface area contributed by atoms with Gasteiger partial charge in [0.2, 0.25) is 0 Å². The summed E-state index contributed by atoms with van der Waals surface area (Å²) >= 11 is 18.4. The molecule has 1 N–H and O–H groups in total. The van der Waals surface area contributed by atoms with Gasteiger partial charge in [0.15, 0.2) is 5.75 Å². The molecule has 2 aromatic rings. The standard InChI is InChI=1S/C16H8Cl3NO3S/c17-9-1-3-10(4-2-9)20-15(22)13(24-16(20)23)7-8-5-11(18)14(21)12(19)6-8/h1-7,21H. The molecule has 122 valence electrons. The number of hydrogen-bond donors (Lipinski definition) is 1. The topological polar surface area (TPSA) is 57.6 Å². The number of halogens is 3. The van der Waals surface area contributed by atoms with E-state index in [0.717, 1.165) is 16.7 Å². The number of hydrogen-bond acceptors (Lipinski definition) is 4. The van der Waals surface area contributed by atoms with Crippen molar-refractivity contribution in [3.63, 3.8) is 0 Å². The molecule has 1 fully saturated rings. The van der Waals surface area contributed by atoms with Crippen molar-refractivity contribution in [2.24, 2.45) is 0 Å². The fraction of sp³-hybridized carbons (Fsp3) is 0. The molecule has 0 aliphatic carbocycles. The van der Waals surface area contributed by atoms with Gasteiger partial charge in [-0.15, -0.1) is 0 Å². The Balaban J connectivity index is 1.95. The van der Waals surface area contributed by atoms with Gasteiger partial charge in [0.25, 0.3) is 11.1 Å². The van der Waals surface area contributed by atoms with Crippen molar-refractivity contribution in [3.8, 4) is 5.75 Å². The highest BCUT2D eigenvalue weighted by Gasteiger charge is 2.36. The normalized spacial score (nSPS) is 16.3. The molecular weight excluding hydrogens is 393 g/mol. The average molecular weight is 401 g/mol. The number of imide groups is 1. The fourth-order valence-electron chi connectivity index (χ4n) is 2.10. The minimum absolute atomic E-state index is 0.0608. The van der Waals surface area contributed by atoms with E-state index in [1.165, 1.54) is 18.2 Å². The molecule has 4 nitrogen and oxygen atoms in total. The first-order valence-electron chi connectivity index (χ1n) is 6.58. The Bertz CT molecular complexity index is 858. The second-order valence-electron chi connectivity index (χ2n) is 4.83. The van der Waals surface area contributed by atoms with Crippen molar-refractivity contribution in [2.75, 3.05) is 4.90 Å². The molecule has 0 spiro atoms. The van der Waals surface area contributed by atoms with E-state index in [1.54, 1.807) is 24.3 Å². The lowest BCUT2D eigenvalue weighted by atomic mass is 10.2. The second-order valence-corrected chi connectivity index (χ2v) is 7.07. The lowest BCUT2D eigenvalue weighted by molar-refractivity contribution is -0.113. The largest absolute Gasteiger partial charge is 0.505 e. The Morgan fingerprint density at radius 2 is 1.58 bits per heavy atom. The first kappa shape index (κ1) is 17.2. The van der Waals surface area contributed by atoms with Crippen molar-refractivity contribution >= 4 is 69.5 Å². The molecule has 0 saturated carbocycles. The van der Waals surface area contributed by atoms with Crippen LogP contribution < -0.4 is 4.90 Å². The zero-order valence-electron chi connectivity index (χ0n) is 11.8. The molecule has 0 unspecified atom stereocenters. The maximum absolute atomic E-state index is 12.5. The zero-order chi connectivity index (χ0) is 17.4. The van der Waals surface area contributed by atoms with Gasteiger partial charge < -0.3 is 5.11 Å². The lowest BCUT2D eigenvalue weighted by Gasteiger charge is -2.12. The molecule has 1 aliphatic rings. The third-order valence-electron chi connectivity index (χ3n) is 3.22. The summed E-state index contributed by atoms with van der Waals surface area (Å²) in [5.41, 5.74) is 0.941. The summed E-state index contributed by atoms with van der Waals surface area (Å²) in [5, 5.41) is 9.79. The number of phenolic OH excluding ortho intramolecular Hbond substituents is 1. The van der Waals surface area contributed by atoms with Gasteiger partial charge in [0.05, 0.1) is 20.6 Å². The Morgan fingerprint density at radius 1 is 1.00 bits per heavy atom. The van der Waals surface area contributed by atoms with Crippen LogP contribution in [0.25, 0.3) is 6.08 Å². The Morgan fingerprint density at radius 3 is 2.17 bits per heavy atom. The van der Waals surface area contributed by atoms with Crippen LogP contribution in [-0.2, 0) is 4.79 Å². The minimum atomic E-state index is -0.451. The number of carbonyl (C=O) groups is 2. The third kappa shape index (κ3) is 3.26. The average Bonchev–Trinajstić information content (AvgIpc) is 2.80. The molecule has 1 heterocycles. The molecule has 0 bridgehead atoms. The smallest absolute Gasteiger partial charge is 0.298 e. The van der Waals surface area contributed by atoms with E-state index in [0.29, 0.717) is 16.3 Å². The Kier molecular flexibility index (Phi) is 4.78. The van der Waals surface area contributed by atoms with Crippen molar-refractivity contribution in [3.05, 3.63) is 61.9 Å². The highest BCUT2D eigenvalue weighted by atomic mass is 35.5. The van der Waals surface area contributed by atoms with Crippen LogP contribution in [-0.4, -0.2) is 16.3 Å². The van der Waals surface area contributed by atoms with E-state index < -0.39 is 11.1 Å². The summed E-state index contributed by atoms with van der Waals surface area (Å²) in [5.74, 6) is -0.683. The number of carbonyl (C=O) groups excluding carboxylic acids is 2. The van der Waals surface area contributed by atoms with E-state index in [9.17, 15) is 14.7 Å². The van der Waals surface area contributed by atoms with Crippen molar-refractivity contribution < 1.29 is 14.7 Å². The van der Waals surface area contributed by atoms with E-state index >= 15 is 0 Å². The van der Waals surface area contributed by atoms with Gasteiger partial charge in [-0.05, 0) is 59.8 Å². The van der Waals surface area contributed by atoms with Crippen molar-refractivity contribution in [1.82, 2.24) is 0 Å². The quantitative estimate of drug-likeness (QED) is 0.667. The molecule has 1 saturated heterocycles. The molecule has 0 atom stereocenters. The van der Waals surface area contributed by atoms with Gasteiger partial charge in [-0.2, -0.15) is 0 Å². The first-order valence-corrected chi connectivity index (χ1v) is 8.53. The SMILES string of the molecule is O=C1SC(=Cc2cc(Cl)c(O)c(Cl)c2)C(=O)N1c1ccc(Cl)cc1. The van der Waals surface area contributed by atoms with Crippen molar-refractivity contribution in [2.45, 2.75) is 0 Å². The molecule has 0 radical (unpaired) electrons. The van der Waals surface area contributed by atoms with Crippen LogP contribution in [0.2, 0.25) is 15.1 Å². The predicted molar refractivity (Wildman–Crippen MR) is 98.0 cm³/mol. The van der Waals surface area contributed by atoms with Gasteiger partial charge in [-0.25, -0.2) is 4.90 Å². The zero-order valence-corrected chi connectivity index (χ0v) is 14.9. The van der Waals surface area contributed by atoms with Crippen LogP contribution >= 0.6 is 46.6 Å². The number of rotatable bonds is 2. The second kappa shape index (κ2) is 6.69. The van der Waals surface area contributed by atoms with E-state index in [1.807, 2.05) is 0 Å². The Hall–Kier alpha value is -1.66. The molecule has 2 amide bonds. The van der Waals surface area contributed by atoms with Crippen LogP contribution in [0.5, 0.6) is 5.75 Å². The molecule has 1 aliphatic heterocycles. The molecular formula is C16H8Cl3NO3S. The number of anilines is 1. The molecule has 3 rings (SSSR count). The molecule has 8 heteroatoms. The third-order valence-corrected chi connectivity index (χ3v) is 4.91. The van der Waals surface area contributed by atoms with Crippen LogP contribution in [0.1, 0.15) is 5.56 Å². The summed E-state index contributed by atoms with van der Waals surface area (Å²) in [6, 6.07) is 9.30. The van der Waals surface area contributed by atoms with Gasteiger partial charge in [-0.1, -0.05) is 34.8 Å². The van der Waals surface area contributed by atoms with Crippen LogP contribution in [0.3, 0.4) is 0 Å². The monoisotopic (exact) mass is 399 g/mol. The number of phenols is 1. The lowest BCUT2D eigenvalue weighted by Crippen LogP contribution is -2.27. The van der Waals surface area contributed by atoms with Crippen LogP contribution in [0.4, 0.5) is 10.5 Å². The van der Waals surface area contributed by atoms with Gasteiger partial charge >= 0.3 is 0 Å². The molecule has 2 aromatic carbocycles. The van der Waals surface area contributed by atoms with E-state index in [2.05, 4.69) is 0 Å². The van der Waals surface area contributed by atoms with Gasteiger partial charge in [0.1, 0.15) is 0 Å². The highest BCUT2D eigenvalue weighted by Crippen LogP contribution is 2.38. The maximum Gasteiger partial charge on any atom is 0.298 e. The van der Waals surface area contributed by atoms with E-state index in [4.69, 9.17) is 34.8 Å². The van der Waals surface area contributed by atoms with Crippen LogP contribution in [0.15, 0.2) is 41.3 Å². The summed E-state index contributed by atoms with van der Waals surface area (Å²) in [4.78, 5) is 26.0. The van der Waals surface area contributed by atoms with Gasteiger partial charge in [-0.3, -0.25) is 9.59 Å². The number of thioether (sulfide) groups is 1. The minimum Gasteiger partial charge on any atom is -0.505 e. The summed E-state index contributed by atoms with van der Waals surface area (Å²) in [7, 11) is 0. The molecule has 24 heavy (non-hydrogen) atoms. The number of benzene rings is 2. The summed E-state index contributed by atoms with van der Waals surface area (Å²) < 4.78 is 0. The van der Waals surface area contributed by atoms with E-state index in [-0.39, 0.29) is 20.7 Å². The number of nitrogens with zero attached hydrogens (tertiary/aromatic N) is 1. The fourth-order valence-corrected chi connectivity index (χ4v) is 3.57. The Labute approximate surface area is 156 Å².